The monoisotopic (exact) mass is 465 g/mol. The first-order valence-electron chi connectivity index (χ1n) is 5.72. The van der Waals surface area contributed by atoms with E-state index in [1.807, 2.05) is 12.1 Å². The molecule has 0 aliphatic heterocycles. The average Bonchev–Trinajstić information content (AvgIpc) is 2.37. The maximum absolute atomic E-state index is 13.0. The van der Waals surface area contributed by atoms with Gasteiger partial charge in [-0.05, 0) is 83.7 Å². The molecule has 6 heteroatoms. The van der Waals surface area contributed by atoms with Crippen LogP contribution in [0.4, 0.5) is 10.1 Å². The van der Waals surface area contributed by atoms with E-state index in [0.29, 0.717) is 11.0 Å². The summed E-state index contributed by atoms with van der Waals surface area (Å²) in [6.07, 6.45) is 0. The molecule has 2 aromatic rings. The van der Waals surface area contributed by atoms with Gasteiger partial charge in [-0.1, -0.05) is 0 Å². The Balaban J connectivity index is 2.15. The maximum atomic E-state index is 13.0. The number of halogens is 4. The Kier molecular flexibility index (Phi) is 5.46. The fourth-order valence-electron chi connectivity index (χ4n) is 1.74. The maximum Gasteiger partial charge on any atom is 0.147 e. The van der Waals surface area contributed by atoms with Crippen molar-refractivity contribution in [2.75, 3.05) is 12.4 Å². The van der Waals surface area contributed by atoms with Crippen LogP contribution in [0, 0.1) is 5.82 Å². The van der Waals surface area contributed by atoms with Crippen LogP contribution in [-0.2, 0) is 6.54 Å². The highest BCUT2D eigenvalue weighted by molar-refractivity contribution is 9.11. The van der Waals surface area contributed by atoms with Crippen LogP contribution in [0.5, 0.6) is 5.75 Å². The molecular formula is C14H11Br3FNO. The number of methoxy groups -OCH3 is 1. The minimum atomic E-state index is -0.266. The Hall–Kier alpha value is -0.590. The van der Waals surface area contributed by atoms with Crippen LogP contribution in [0.2, 0.25) is 0 Å². The first-order valence-corrected chi connectivity index (χ1v) is 8.10. The van der Waals surface area contributed by atoms with Gasteiger partial charge in [0.05, 0.1) is 16.1 Å². The van der Waals surface area contributed by atoms with Gasteiger partial charge in [-0.25, -0.2) is 4.39 Å². The van der Waals surface area contributed by atoms with Crippen LogP contribution < -0.4 is 10.1 Å². The van der Waals surface area contributed by atoms with Crippen molar-refractivity contribution in [2.45, 2.75) is 6.54 Å². The standard InChI is InChI=1S/C14H11Br3FNO/c1-20-14-11(16)4-8(5-12(14)17)7-19-13-3-2-9(18)6-10(13)15/h2-6,19H,7H2,1H3. The molecule has 0 fully saturated rings. The third kappa shape index (κ3) is 3.74. The van der Waals surface area contributed by atoms with E-state index in [2.05, 4.69) is 53.1 Å². The molecule has 0 saturated heterocycles. The third-order valence-corrected chi connectivity index (χ3v) is 4.51. The van der Waals surface area contributed by atoms with Gasteiger partial charge in [-0.3, -0.25) is 0 Å². The van der Waals surface area contributed by atoms with Crippen molar-refractivity contribution < 1.29 is 9.13 Å². The highest BCUT2D eigenvalue weighted by Crippen LogP contribution is 2.34. The number of hydrogen-bond donors (Lipinski definition) is 1. The molecule has 106 valence electrons. The van der Waals surface area contributed by atoms with E-state index >= 15 is 0 Å². The molecule has 0 heterocycles. The number of anilines is 1. The van der Waals surface area contributed by atoms with Gasteiger partial charge < -0.3 is 10.1 Å². The molecule has 0 saturated carbocycles. The Morgan fingerprint density at radius 1 is 1.05 bits per heavy atom. The van der Waals surface area contributed by atoms with E-state index in [1.165, 1.54) is 12.1 Å². The van der Waals surface area contributed by atoms with E-state index < -0.39 is 0 Å². The van der Waals surface area contributed by atoms with Crippen LogP contribution in [-0.4, -0.2) is 7.11 Å². The summed E-state index contributed by atoms with van der Waals surface area (Å²) < 4.78 is 20.7. The smallest absolute Gasteiger partial charge is 0.147 e. The summed E-state index contributed by atoms with van der Waals surface area (Å²) in [5.41, 5.74) is 1.91. The Labute approximate surface area is 142 Å². The Bertz CT molecular complexity index is 611. The predicted molar refractivity (Wildman–Crippen MR) is 89.8 cm³/mol. The summed E-state index contributed by atoms with van der Waals surface area (Å²) in [6, 6.07) is 8.52. The normalized spacial score (nSPS) is 10.4. The Morgan fingerprint density at radius 3 is 2.25 bits per heavy atom. The van der Waals surface area contributed by atoms with E-state index in [-0.39, 0.29) is 5.82 Å². The molecule has 0 radical (unpaired) electrons. The second kappa shape index (κ2) is 6.91. The molecule has 20 heavy (non-hydrogen) atoms. The molecule has 0 aliphatic rings. The molecular weight excluding hydrogens is 457 g/mol. The molecule has 0 atom stereocenters. The molecule has 0 spiro atoms. The van der Waals surface area contributed by atoms with Crippen molar-refractivity contribution in [1.29, 1.82) is 0 Å². The van der Waals surface area contributed by atoms with Crippen LogP contribution in [0.15, 0.2) is 43.7 Å². The number of benzene rings is 2. The van der Waals surface area contributed by atoms with Crippen LogP contribution in [0.3, 0.4) is 0 Å². The van der Waals surface area contributed by atoms with Crippen molar-refractivity contribution in [3.05, 3.63) is 55.1 Å². The fourth-order valence-corrected chi connectivity index (χ4v) is 3.84. The van der Waals surface area contributed by atoms with Gasteiger partial charge in [-0.15, -0.1) is 0 Å². The fraction of sp³-hybridized carbons (Fsp3) is 0.143. The molecule has 0 amide bonds. The first-order chi connectivity index (χ1) is 9.51. The minimum absolute atomic E-state index is 0.266. The predicted octanol–water partition coefficient (Wildman–Crippen LogP) is 5.73. The minimum Gasteiger partial charge on any atom is -0.494 e. The summed E-state index contributed by atoms with van der Waals surface area (Å²) in [7, 11) is 1.62. The number of ether oxygens (including phenoxy) is 1. The van der Waals surface area contributed by atoms with E-state index in [1.54, 1.807) is 13.2 Å². The van der Waals surface area contributed by atoms with Crippen LogP contribution in [0.25, 0.3) is 0 Å². The molecule has 2 rings (SSSR count). The topological polar surface area (TPSA) is 21.3 Å². The van der Waals surface area contributed by atoms with Gasteiger partial charge in [0.1, 0.15) is 11.6 Å². The molecule has 0 unspecified atom stereocenters. The lowest BCUT2D eigenvalue weighted by atomic mass is 10.2. The summed E-state index contributed by atoms with van der Waals surface area (Å²) in [5.74, 6) is 0.495. The molecule has 1 N–H and O–H groups in total. The highest BCUT2D eigenvalue weighted by Gasteiger charge is 2.08. The van der Waals surface area contributed by atoms with Gasteiger partial charge in [-0.2, -0.15) is 0 Å². The molecule has 0 aliphatic carbocycles. The van der Waals surface area contributed by atoms with E-state index in [9.17, 15) is 4.39 Å². The van der Waals surface area contributed by atoms with Crippen molar-refractivity contribution >= 4 is 53.5 Å². The van der Waals surface area contributed by atoms with Crippen molar-refractivity contribution in [3.63, 3.8) is 0 Å². The summed E-state index contributed by atoms with van der Waals surface area (Å²) in [4.78, 5) is 0. The van der Waals surface area contributed by atoms with Gasteiger partial charge >= 0.3 is 0 Å². The zero-order chi connectivity index (χ0) is 14.7. The quantitative estimate of drug-likeness (QED) is 0.619. The Morgan fingerprint density at radius 2 is 1.70 bits per heavy atom. The van der Waals surface area contributed by atoms with Crippen LogP contribution in [0.1, 0.15) is 5.56 Å². The zero-order valence-electron chi connectivity index (χ0n) is 10.5. The second-order valence-electron chi connectivity index (χ2n) is 4.07. The summed E-state index contributed by atoms with van der Waals surface area (Å²) in [5, 5.41) is 3.25. The van der Waals surface area contributed by atoms with Crippen molar-refractivity contribution in [2.24, 2.45) is 0 Å². The number of hydrogen-bond acceptors (Lipinski definition) is 2. The summed E-state index contributed by atoms with van der Waals surface area (Å²) >= 11 is 10.3. The second-order valence-corrected chi connectivity index (χ2v) is 6.63. The summed E-state index contributed by atoms with van der Waals surface area (Å²) in [6.45, 7) is 0.616. The van der Waals surface area contributed by atoms with E-state index in [4.69, 9.17) is 4.74 Å². The van der Waals surface area contributed by atoms with Crippen molar-refractivity contribution in [1.82, 2.24) is 0 Å². The SMILES string of the molecule is COc1c(Br)cc(CNc2ccc(F)cc2Br)cc1Br. The number of rotatable bonds is 4. The molecule has 2 nitrogen and oxygen atoms in total. The van der Waals surface area contributed by atoms with Crippen LogP contribution >= 0.6 is 47.8 Å². The highest BCUT2D eigenvalue weighted by atomic mass is 79.9. The van der Waals surface area contributed by atoms with Gasteiger partial charge in [0.15, 0.2) is 0 Å². The molecule has 0 bridgehead atoms. The largest absolute Gasteiger partial charge is 0.494 e. The lowest BCUT2D eigenvalue weighted by molar-refractivity contribution is 0.409. The van der Waals surface area contributed by atoms with Gasteiger partial charge in [0, 0.05) is 16.7 Å². The average molecular weight is 468 g/mol. The molecule has 2 aromatic carbocycles. The molecule has 0 aromatic heterocycles. The van der Waals surface area contributed by atoms with E-state index in [0.717, 1.165) is 25.9 Å². The van der Waals surface area contributed by atoms with Gasteiger partial charge in [0.25, 0.3) is 0 Å². The van der Waals surface area contributed by atoms with Gasteiger partial charge in [0.2, 0.25) is 0 Å². The zero-order valence-corrected chi connectivity index (χ0v) is 15.3. The number of nitrogens with one attached hydrogen (secondary N) is 1. The third-order valence-electron chi connectivity index (χ3n) is 2.68. The lowest BCUT2D eigenvalue weighted by Gasteiger charge is -2.12. The van der Waals surface area contributed by atoms with Crippen molar-refractivity contribution in [3.8, 4) is 5.75 Å². The first kappa shape index (κ1) is 15.8. The lowest BCUT2D eigenvalue weighted by Crippen LogP contribution is -2.01.